The van der Waals surface area contributed by atoms with E-state index >= 15 is 0 Å². The molecule has 11 aromatic rings. The van der Waals surface area contributed by atoms with E-state index in [4.69, 9.17) is 13.3 Å². The number of para-hydroxylation sites is 4. The van der Waals surface area contributed by atoms with Gasteiger partial charge in [0, 0.05) is 61.0 Å². The van der Waals surface area contributed by atoms with Crippen LogP contribution in [0.5, 0.6) is 0 Å². The maximum absolute atomic E-state index is 6.70. The molecule has 11 rings (SSSR count). The highest BCUT2D eigenvalue weighted by Gasteiger charge is 2.18. The van der Waals surface area contributed by atoms with Crippen molar-refractivity contribution >= 4 is 82.9 Å². The van der Waals surface area contributed by atoms with Crippen molar-refractivity contribution in [3.05, 3.63) is 176 Å². The number of anilines is 3. The first kappa shape index (κ1) is 28.8. The van der Waals surface area contributed by atoms with E-state index in [1.54, 1.807) is 0 Å². The van der Waals surface area contributed by atoms with Gasteiger partial charge in [-0.15, -0.1) is 0 Å². The number of benzene rings is 8. The van der Waals surface area contributed by atoms with Crippen molar-refractivity contribution in [3.63, 3.8) is 0 Å². The molecule has 3 heterocycles. The topological polar surface area (TPSA) is 42.7 Å². The second kappa shape index (κ2) is 11.2. The molecule has 0 amide bonds. The van der Waals surface area contributed by atoms with Crippen molar-refractivity contribution in [1.29, 1.82) is 0 Å². The number of hydrogen-bond donors (Lipinski definition) is 0. The SMILES string of the molecule is c1ccc(N(c2ccccc2)c2ccc3c(c2)oc2ccc(-c4cccc5c4oc4cc(-c6ccc7oc8ccccc8c7c6)ccc45)cc23)cc1. The van der Waals surface area contributed by atoms with Gasteiger partial charge in [0.25, 0.3) is 0 Å². The van der Waals surface area contributed by atoms with Crippen LogP contribution in [0.25, 0.3) is 88.1 Å². The lowest BCUT2D eigenvalue weighted by molar-refractivity contribution is 0.668. The fourth-order valence-corrected chi connectivity index (χ4v) is 7.78. The van der Waals surface area contributed by atoms with Gasteiger partial charge in [0.2, 0.25) is 0 Å². The van der Waals surface area contributed by atoms with E-state index in [0.29, 0.717) is 0 Å². The molecule has 4 nitrogen and oxygen atoms in total. The van der Waals surface area contributed by atoms with Crippen LogP contribution in [0.1, 0.15) is 0 Å². The lowest BCUT2D eigenvalue weighted by Gasteiger charge is -2.25. The van der Waals surface area contributed by atoms with Crippen LogP contribution in [-0.2, 0) is 0 Å². The summed E-state index contributed by atoms with van der Waals surface area (Å²) in [5.74, 6) is 0. The second-order valence-electron chi connectivity index (χ2n) is 13.3. The van der Waals surface area contributed by atoms with Crippen LogP contribution >= 0.6 is 0 Å². The Hall–Kier alpha value is -7.04. The third-order valence-corrected chi connectivity index (χ3v) is 10.3. The standard InChI is InChI=1S/C48H29NO3/c1-3-10-33(11-4-1)49(34-12-5-2-6-13-34)35-21-23-39-42-27-32(20-25-45(42)51-47(39)29-35)36-15-9-16-40-38-22-18-31(28-46(38)52-48(36)40)30-19-24-44-41(26-30)37-14-7-8-17-43(37)50-44/h1-29H. The van der Waals surface area contributed by atoms with Crippen molar-refractivity contribution in [1.82, 2.24) is 0 Å². The molecule has 0 aliphatic heterocycles. The van der Waals surface area contributed by atoms with Crippen molar-refractivity contribution in [2.45, 2.75) is 0 Å². The van der Waals surface area contributed by atoms with Crippen molar-refractivity contribution in [3.8, 4) is 22.3 Å². The Labute approximate surface area is 298 Å². The number of nitrogens with zero attached hydrogens (tertiary/aromatic N) is 1. The summed E-state index contributed by atoms with van der Waals surface area (Å²) >= 11 is 0. The molecule has 0 atom stereocenters. The van der Waals surface area contributed by atoms with Gasteiger partial charge in [-0.25, -0.2) is 0 Å². The Morgan fingerprint density at radius 1 is 0.288 bits per heavy atom. The van der Waals surface area contributed by atoms with Crippen LogP contribution in [0, 0.1) is 0 Å². The predicted octanol–water partition coefficient (Wildman–Crippen LogP) is 14.2. The third kappa shape index (κ3) is 4.48. The van der Waals surface area contributed by atoms with Gasteiger partial charge in [-0.1, -0.05) is 91.0 Å². The first-order chi connectivity index (χ1) is 25.7. The van der Waals surface area contributed by atoms with Gasteiger partial charge >= 0.3 is 0 Å². The zero-order chi connectivity index (χ0) is 34.2. The summed E-state index contributed by atoms with van der Waals surface area (Å²) in [7, 11) is 0. The highest BCUT2D eigenvalue weighted by atomic mass is 16.3. The van der Waals surface area contributed by atoms with E-state index < -0.39 is 0 Å². The molecule has 52 heavy (non-hydrogen) atoms. The molecule has 0 unspecified atom stereocenters. The van der Waals surface area contributed by atoms with Crippen LogP contribution in [0.3, 0.4) is 0 Å². The molecular formula is C48H29NO3. The van der Waals surface area contributed by atoms with Gasteiger partial charge in [-0.05, 0) is 95.6 Å². The normalized spacial score (nSPS) is 11.8. The molecule has 4 heteroatoms. The fourth-order valence-electron chi connectivity index (χ4n) is 7.78. The van der Waals surface area contributed by atoms with Gasteiger partial charge in [-0.3, -0.25) is 0 Å². The minimum atomic E-state index is 0.845. The van der Waals surface area contributed by atoms with Gasteiger partial charge in [0.05, 0.1) is 0 Å². The molecule has 0 spiro atoms. The van der Waals surface area contributed by atoms with Gasteiger partial charge in [-0.2, -0.15) is 0 Å². The molecule has 0 aliphatic carbocycles. The molecular weight excluding hydrogens is 639 g/mol. The summed E-state index contributed by atoms with van der Waals surface area (Å²) in [6.07, 6.45) is 0. The third-order valence-electron chi connectivity index (χ3n) is 10.3. The monoisotopic (exact) mass is 667 g/mol. The highest BCUT2D eigenvalue weighted by Crippen LogP contribution is 2.42. The van der Waals surface area contributed by atoms with E-state index in [2.05, 4.69) is 157 Å². The molecule has 244 valence electrons. The summed E-state index contributed by atoms with van der Waals surface area (Å²) in [6.45, 7) is 0. The van der Waals surface area contributed by atoms with Gasteiger partial charge < -0.3 is 18.2 Å². The smallest absolute Gasteiger partial charge is 0.143 e. The Kier molecular flexibility index (Phi) is 6.22. The van der Waals surface area contributed by atoms with E-state index in [1.165, 1.54) is 0 Å². The molecule has 0 aliphatic rings. The van der Waals surface area contributed by atoms with Gasteiger partial charge in [0.1, 0.15) is 33.5 Å². The largest absolute Gasteiger partial charge is 0.456 e. The van der Waals surface area contributed by atoms with Crippen LogP contribution in [0.2, 0.25) is 0 Å². The Morgan fingerprint density at radius 3 is 1.62 bits per heavy atom. The van der Waals surface area contributed by atoms with Crippen LogP contribution in [0.4, 0.5) is 17.1 Å². The maximum atomic E-state index is 6.70. The lowest BCUT2D eigenvalue weighted by Crippen LogP contribution is -2.09. The first-order valence-corrected chi connectivity index (χ1v) is 17.5. The zero-order valence-electron chi connectivity index (χ0n) is 27.9. The fraction of sp³-hybridized carbons (Fsp3) is 0. The van der Waals surface area contributed by atoms with Crippen molar-refractivity contribution in [2.24, 2.45) is 0 Å². The van der Waals surface area contributed by atoms with Crippen molar-refractivity contribution in [2.75, 3.05) is 4.90 Å². The summed E-state index contributed by atoms with van der Waals surface area (Å²) < 4.78 is 19.3. The minimum Gasteiger partial charge on any atom is -0.456 e. The molecule has 0 saturated carbocycles. The van der Waals surface area contributed by atoms with Crippen LogP contribution in [-0.4, -0.2) is 0 Å². The molecule has 3 aromatic heterocycles. The van der Waals surface area contributed by atoms with Crippen molar-refractivity contribution < 1.29 is 13.3 Å². The van der Waals surface area contributed by atoms with Gasteiger partial charge in [0.15, 0.2) is 0 Å². The predicted molar refractivity (Wildman–Crippen MR) is 214 cm³/mol. The maximum Gasteiger partial charge on any atom is 0.143 e. The molecule has 0 radical (unpaired) electrons. The first-order valence-electron chi connectivity index (χ1n) is 17.5. The highest BCUT2D eigenvalue weighted by molar-refractivity contribution is 6.13. The Morgan fingerprint density at radius 2 is 0.827 bits per heavy atom. The lowest BCUT2D eigenvalue weighted by atomic mass is 9.99. The van der Waals surface area contributed by atoms with Crippen LogP contribution < -0.4 is 4.90 Å². The van der Waals surface area contributed by atoms with E-state index in [0.717, 1.165) is 105 Å². The number of fused-ring (bicyclic) bond motifs is 9. The van der Waals surface area contributed by atoms with E-state index in [-0.39, 0.29) is 0 Å². The molecule has 0 fully saturated rings. The average molecular weight is 668 g/mol. The molecule has 8 aromatic carbocycles. The zero-order valence-corrected chi connectivity index (χ0v) is 27.9. The molecule has 0 N–H and O–H groups in total. The summed E-state index contributed by atoms with van der Waals surface area (Å²) in [4.78, 5) is 2.25. The van der Waals surface area contributed by atoms with Crippen LogP contribution in [0.15, 0.2) is 189 Å². The quantitative estimate of drug-likeness (QED) is 0.183. The minimum absolute atomic E-state index is 0.845. The Balaban J connectivity index is 0.998. The van der Waals surface area contributed by atoms with E-state index in [1.807, 2.05) is 24.3 Å². The number of hydrogen-bond acceptors (Lipinski definition) is 4. The summed E-state index contributed by atoms with van der Waals surface area (Å²) in [6, 6.07) is 61.3. The number of furan rings is 3. The average Bonchev–Trinajstić information content (AvgIpc) is 3.89. The number of rotatable bonds is 5. The molecule has 0 saturated heterocycles. The van der Waals surface area contributed by atoms with E-state index in [9.17, 15) is 0 Å². The second-order valence-corrected chi connectivity index (χ2v) is 13.3. The summed E-state index contributed by atoms with van der Waals surface area (Å²) in [5.41, 5.74) is 12.8. The summed E-state index contributed by atoms with van der Waals surface area (Å²) in [5, 5.41) is 6.58. The Bertz CT molecular complexity index is 3090. The molecule has 0 bridgehead atoms.